The maximum atomic E-state index is 15.4. The van der Waals surface area contributed by atoms with Crippen LogP contribution in [0, 0.1) is 0 Å². The van der Waals surface area contributed by atoms with Gasteiger partial charge in [0.2, 0.25) is 5.08 Å². The van der Waals surface area contributed by atoms with Crippen LogP contribution in [0.3, 0.4) is 0 Å². The maximum absolute atomic E-state index is 15.4. The third-order valence-corrected chi connectivity index (χ3v) is 31.8. The normalized spacial score (nSPS) is 14.0. The van der Waals surface area contributed by atoms with Crippen molar-refractivity contribution in [2.75, 3.05) is 5.08 Å². The summed E-state index contributed by atoms with van der Waals surface area (Å²) in [5.74, 6) is -4.20. The number of alkyl halides is 24. The van der Waals surface area contributed by atoms with Crippen LogP contribution in [0.2, 0.25) is 0 Å². The van der Waals surface area contributed by atoms with E-state index in [-0.39, 0.29) is 48.5 Å². The summed E-state index contributed by atoms with van der Waals surface area (Å²) >= 11 is 0. The molecule has 0 aliphatic heterocycles. The molecule has 10 rings (SSSR count). The number of halogens is 24. The minimum absolute atomic E-state index is 0.262. The zero-order valence-corrected chi connectivity index (χ0v) is 63.9. The molecule has 50 heteroatoms. The molecule has 0 N–H and O–H groups in total. The van der Waals surface area contributed by atoms with Gasteiger partial charge < -0.3 is 16.7 Å². The number of hydrogen-bond acceptors (Lipinski definition) is 18. The molecule has 0 atom stereocenters. The van der Waals surface area contributed by atoms with Gasteiger partial charge in [0.1, 0.15) is 42.6 Å². The van der Waals surface area contributed by atoms with E-state index < -0.39 is 277 Å². The van der Waals surface area contributed by atoms with Crippen LogP contribution in [0.5, 0.6) is 23.0 Å². The lowest BCUT2D eigenvalue weighted by atomic mass is 10.1. The van der Waals surface area contributed by atoms with Crippen molar-refractivity contribution in [3.63, 3.8) is 0 Å². The van der Waals surface area contributed by atoms with Gasteiger partial charge >= 0.3 is 89.9 Å². The quantitative estimate of drug-likeness (QED) is 0.0402. The lowest BCUT2D eigenvalue weighted by molar-refractivity contribution is -0.145. The summed E-state index contributed by atoms with van der Waals surface area (Å²) in [6.45, 7) is 0. The van der Waals surface area contributed by atoms with Crippen LogP contribution in [0.25, 0.3) is 0 Å². The van der Waals surface area contributed by atoms with Crippen molar-refractivity contribution in [1.29, 1.82) is 0 Å². The monoisotopic (exact) mass is 1870 g/mol. The predicted octanol–water partition coefficient (Wildman–Crippen LogP) is 20.7. The molecule has 0 fully saturated rings. The third kappa shape index (κ3) is 21.1. The van der Waals surface area contributed by atoms with Gasteiger partial charge in [0.15, 0.2) is 0 Å². The van der Waals surface area contributed by atoms with Crippen LogP contribution < -0.4 is 16.7 Å². The maximum Gasteiger partial charge on any atom is 0.416 e. The minimum atomic E-state index is -6.27. The molecule has 0 spiro atoms. The first-order valence-corrected chi connectivity index (χ1v) is 43.2. The summed E-state index contributed by atoms with van der Waals surface area (Å²) in [5, 5.41) is -2.55. The molecule has 10 aromatic carbocycles. The summed E-state index contributed by atoms with van der Waals surface area (Å²) in [6, 6.07) is 16.8. The first-order chi connectivity index (χ1) is 54.3. The molecule has 0 saturated heterocycles. The van der Waals surface area contributed by atoms with Crippen molar-refractivity contribution in [3.8, 4) is 23.0 Å². The minimum Gasteiger partial charge on any atom is -0.379 e. The van der Waals surface area contributed by atoms with Crippen LogP contribution in [0.4, 0.5) is 105 Å². The average Bonchev–Trinajstić information content (AvgIpc) is 0.734. The molecular weight excluding hydrogens is 1830 g/mol. The second-order valence-corrected chi connectivity index (χ2v) is 39.6. The van der Waals surface area contributed by atoms with Crippen molar-refractivity contribution in [1.82, 2.24) is 0 Å². The molecule has 0 unspecified atom stereocenters. The Balaban J connectivity index is 1.13. The lowest BCUT2D eigenvalue weighted by Crippen LogP contribution is -2.24. The summed E-state index contributed by atoms with van der Waals surface area (Å²) < 4.78 is 537. The molecule has 119 heavy (non-hydrogen) atoms. The summed E-state index contributed by atoms with van der Waals surface area (Å²) in [7, 11) is -45.2. The number of benzene rings is 10. The molecule has 0 radical (unpaired) electrons. The van der Waals surface area contributed by atoms with Gasteiger partial charge in [0, 0.05) is 29.4 Å². The van der Waals surface area contributed by atoms with Gasteiger partial charge in [-0.15, -0.1) is 0 Å². The Morgan fingerprint density at radius 2 is 0.345 bits per heavy atom. The fourth-order valence-electron chi connectivity index (χ4n) is 10.5. The van der Waals surface area contributed by atoms with Crippen molar-refractivity contribution in [2.24, 2.45) is 0 Å². The van der Waals surface area contributed by atoms with E-state index in [0.717, 1.165) is 48.5 Å². The Labute approximate surface area is 658 Å². The van der Waals surface area contributed by atoms with Crippen molar-refractivity contribution in [3.05, 3.63) is 275 Å². The second kappa shape index (κ2) is 31.9. The van der Waals surface area contributed by atoms with E-state index in [4.69, 9.17) is 24.0 Å². The Bertz CT molecular complexity index is 5400. The van der Waals surface area contributed by atoms with E-state index in [1.807, 2.05) is 0 Å². The Morgan fingerprint density at radius 3 is 0.496 bits per heavy atom. The zero-order chi connectivity index (χ0) is 88.5. The molecule has 0 aromatic heterocycles. The van der Waals surface area contributed by atoms with E-state index in [0.29, 0.717) is 97.1 Å². The van der Waals surface area contributed by atoms with Crippen molar-refractivity contribution < 1.29 is 180 Å². The van der Waals surface area contributed by atoms with Crippen LogP contribution in [-0.2, 0) is 117 Å². The van der Waals surface area contributed by atoms with Gasteiger partial charge in [-0.2, -0.15) is 156 Å². The SMILES string of the molecule is O=S(=O)(CS(=O)(=O)OS(c1ccccc1)(c1ccc(OS(=O)(=O)c2cc(C(F)(F)F)cc(C(F)(F)F)c2)cc1)c1ccc(OS(=O)(=O)c2cc(C(F)(F)F)cc(C(F)(F)F)c2)cc1)OS(c1ccccc1)(c1ccc(OS(=O)(=O)c2cc(C(F)(F)F)cc(C(F)(F)F)c2)cc1)c1ccc(OS(=O)(=O)c2cc(C(F)(F)F)cc(C(F)(F)F)c2)cc1. The second-order valence-electron chi connectivity index (χ2n) is 24.1. The molecule has 18 nitrogen and oxygen atoms in total. The Morgan fingerprint density at radius 1 is 0.193 bits per heavy atom. The van der Waals surface area contributed by atoms with Gasteiger partial charge in [0.05, 0.1) is 44.5 Å². The highest BCUT2D eigenvalue weighted by molar-refractivity contribution is 8.35. The zero-order valence-electron chi connectivity index (χ0n) is 57.3. The van der Waals surface area contributed by atoms with Crippen LogP contribution in [0.1, 0.15) is 44.5 Å². The predicted molar refractivity (Wildman–Crippen MR) is 365 cm³/mol. The smallest absolute Gasteiger partial charge is 0.379 e. The van der Waals surface area contributed by atoms with E-state index in [9.17, 15) is 139 Å². The summed E-state index contributed by atoms with van der Waals surface area (Å²) in [6.07, 6.45) is -45.2. The highest BCUT2D eigenvalue weighted by Gasteiger charge is 2.48. The molecule has 10 aromatic rings. The summed E-state index contributed by atoms with van der Waals surface area (Å²) in [4.78, 5) is -10.7. The van der Waals surface area contributed by atoms with Crippen LogP contribution >= 0.6 is 20.6 Å². The van der Waals surface area contributed by atoms with Gasteiger partial charge in [-0.05, 0) is 215 Å². The fraction of sp³-hybridized carbons (Fsp3) is 0.130. The Kier molecular flexibility index (Phi) is 24.5. The molecule has 0 saturated carbocycles. The van der Waals surface area contributed by atoms with Gasteiger partial charge in [-0.25, -0.2) is 7.26 Å². The molecule has 0 amide bonds. The largest absolute Gasteiger partial charge is 0.416 e. The average molecular weight is 1870 g/mol. The standard InChI is InChI=1S/C69H40F24O18S8/c70-62(71,72)40-27-41(63(73,74)75)32-58(31-40)116(98,99)106-48-11-19-54(20-12-48)114(52-7-3-1-4-8-52,55-21-13-49(14-22-55)107-117(100,101)59-33-42(64(76,77)78)28-43(34-59)65(79,80)81)110-112(94,95)39-113(96,97)111-115(53-9-5-2-6-10-53,56-23-15-50(16-24-56)108-118(102,103)60-35-44(66(82,83)84)29-45(36-60)67(85,86)87)57-25-17-51(18-26-57)109-119(104,105)61-37-46(68(88,89)90)30-47(38-61)69(91,92)93/h1-38H,39H2. The molecule has 0 heterocycles. The topological polar surface area (TPSA) is 260 Å². The molecule has 640 valence electrons. The Hall–Kier alpha value is -9.96. The number of hydrogen-bond donors (Lipinski definition) is 0. The first kappa shape index (κ1) is 91.3. The van der Waals surface area contributed by atoms with Crippen LogP contribution in [-0.4, -0.2) is 55.6 Å². The summed E-state index contributed by atoms with van der Waals surface area (Å²) in [5.41, 5.74) is -17.3. The number of rotatable bonds is 24. The van der Waals surface area contributed by atoms with E-state index >= 15 is 16.8 Å². The van der Waals surface area contributed by atoms with Gasteiger partial charge in [0.25, 0.3) is 20.2 Å². The van der Waals surface area contributed by atoms with Gasteiger partial charge in [-0.1, -0.05) is 36.4 Å². The lowest BCUT2D eigenvalue weighted by Gasteiger charge is -2.40. The van der Waals surface area contributed by atoms with E-state index in [2.05, 4.69) is 0 Å². The highest BCUT2D eigenvalue weighted by atomic mass is 32.3. The molecule has 0 bridgehead atoms. The fourth-order valence-corrected chi connectivity index (χ4v) is 26.1. The highest BCUT2D eigenvalue weighted by Crippen LogP contribution is 2.72. The van der Waals surface area contributed by atoms with Crippen molar-refractivity contribution >= 4 is 81.3 Å². The first-order valence-electron chi connectivity index (χ1n) is 31.3. The molecule has 0 aliphatic rings. The van der Waals surface area contributed by atoms with E-state index in [1.165, 1.54) is 12.1 Å². The molecular formula is C69H40F24O18S8. The van der Waals surface area contributed by atoms with Gasteiger partial charge in [-0.3, -0.25) is 0 Å². The van der Waals surface area contributed by atoms with Crippen molar-refractivity contribution in [2.45, 2.75) is 98.4 Å². The van der Waals surface area contributed by atoms with Crippen LogP contribution in [0.15, 0.2) is 279 Å². The van der Waals surface area contributed by atoms with E-state index in [1.54, 1.807) is 0 Å². The third-order valence-electron chi connectivity index (χ3n) is 15.7. The molecule has 0 aliphatic carbocycles.